The number of nitrogens with two attached hydrogens (primary N) is 1. The SMILES string of the molecule is Cn1cc(S(=O)(=O)N2CCC(C(=O)Nc3ccc(-c4nccs4)cc3)CC2)cc1C(N)=O. The number of sulfonamides is 1. The summed E-state index contributed by atoms with van der Waals surface area (Å²) in [5, 5.41) is 5.74. The van der Waals surface area contributed by atoms with Crippen LogP contribution in [0.5, 0.6) is 0 Å². The van der Waals surface area contributed by atoms with Gasteiger partial charge in [-0.1, -0.05) is 0 Å². The molecule has 0 unspecified atom stereocenters. The topological polar surface area (TPSA) is 127 Å². The van der Waals surface area contributed by atoms with Gasteiger partial charge in [-0.15, -0.1) is 11.3 Å². The van der Waals surface area contributed by atoms with Gasteiger partial charge in [-0.3, -0.25) is 9.59 Å². The van der Waals surface area contributed by atoms with Crippen LogP contribution in [0, 0.1) is 5.92 Å². The lowest BCUT2D eigenvalue weighted by Crippen LogP contribution is -2.41. The third-order valence-corrected chi connectivity index (χ3v) is 8.21. The van der Waals surface area contributed by atoms with Crippen molar-refractivity contribution in [2.45, 2.75) is 17.7 Å². The molecule has 4 rings (SSSR count). The van der Waals surface area contributed by atoms with Crippen LogP contribution in [-0.2, 0) is 21.9 Å². The molecule has 11 heteroatoms. The molecule has 0 aliphatic carbocycles. The molecule has 3 N–H and O–H groups in total. The lowest BCUT2D eigenvalue weighted by molar-refractivity contribution is -0.120. The fourth-order valence-electron chi connectivity index (χ4n) is 3.73. The Hall–Kier alpha value is -3.02. The van der Waals surface area contributed by atoms with Gasteiger partial charge in [0.1, 0.15) is 15.6 Å². The summed E-state index contributed by atoms with van der Waals surface area (Å²) < 4.78 is 28.6. The van der Waals surface area contributed by atoms with Crippen LogP contribution < -0.4 is 11.1 Å². The van der Waals surface area contributed by atoms with Gasteiger partial charge < -0.3 is 15.6 Å². The third-order valence-electron chi connectivity index (χ3n) is 5.53. The van der Waals surface area contributed by atoms with E-state index in [0.29, 0.717) is 18.5 Å². The number of carbonyl (C=O) groups excluding carboxylic acids is 2. The minimum atomic E-state index is -3.76. The Labute approximate surface area is 189 Å². The maximum Gasteiger partial charge on any atom is 0.265 e. The van der Waals surface area contributed by atoms with Crippen molar-refractivity contribution in [3.05, 3.63) is 53.8 Å². The summed E-state index contributed by atoms with van der Waals surface area (Å²) in [6.45, 7) is 0.453. The zero-order valence-electron chi connectivity index (χ0n) is 17.4. The second-order valence-corrected chi connectivity index (χ2v) is 10.5. The first-order valence-corrected chi connectivity index (χ1v) is 12.3. The average Bonchev–Trinajstić information content (AvgIpc) is 3.45. The van der Waals surface area contributed by atoms with Crippen molar-refractivity contribution >= 4 is 38.9 Å². The summed E-state index contributed by atoms with van der Waals surface area (Å²) >= 11 is 1.55. The van der Waals surface area contributed by atoms with Gasteiger partial charge in [-0.2, -0.15) is 4.31 Å². The van der Waals surface area contributed by atoms with E-state index in [-0.39, 0.29) is 35.5 Å². The summed E-state index contributed by atoms with van der Waals surface area (Å²) in [7, 11) is -2.19. The Bertz CT molecular complexity index is 1230. The zero-order valence-corrected chi connectivity index (χ0v) is 19.0. The standard InChI is InChI=1S/C21H23N5O4S2/c1-25-13-17(12-18(25)19(22)27)32(29,30)26-9-6-14(7-10-26)20(28)24-16-4-2-15(3-5-16)21-23-8-11-31-21/h2-5,8,11-14H,6-7,9-10H2,1H3,(H2,22,27)(H,24,28). The second kappa shape index (κ2) is 8.85. The highest BCUT2D eigenvalue weighted by atomic mass is 32.2. The fraction of sp³-hybridized carbons (Fsp3) is 0.286. The quantitative estimate of drug-likeness (QED) is 0.568. The number of nitrogens with zero attached hydrogens (tertiary/aromatic N) is 3. The molecule has 1 aliphatic rings. The molecular formula is C21H23N5O4S2. The number of hydrogen-bond donors (Lipinski definition) is 2. The average molecular weight is 474 g/mol. The van der Waals surface area contributed by atoms with E-state index in [2.05, 4.69) is 10.3 Å². The van der Waals surface area contributed by atoms with Gasteiger partial charge in [0.2, 0.25) is 15.9 Å². The predicted octanol–water partition coefficient (Wildman–Crippen LogP) is 2.29. The zero-order chi connectivity index (χ0) is 22.9. The molecule has 1 saturated heterocycles. The molecular weight excluding hydrogens is 450 g/mol. The van der Waals surface area contributed by atoms with Crippen molar-refractivity contribution in [3.8, 4) is 10.6 Å². The number of aryl methyl sites for hydroxylation is 1. The number of benzene rings is 1. The minimum Gasteiger partial charge on any atom is -0.364 e. The van der Waals surface area contributed by atoms with Crippen LogP contribution in [0.25, 0.3) is 10.6 Å². The van der Waals surface area contributed by atoms with Crippen molar-refractivity contribution in [2.24, 2.45) is 18.7 Å². The molecule has 0 bridgehead atoms. The summed E-state index contributed by atoms with van der Waals surface area (Å²) in [6.07, 6.45) is 3.95. The number of piperidine rings is 1. The Morgan fingerprint density at radius 1 is 1.19 bits per heavy atom. The predicted molar refractivity (Wildman–Crippen MR) is 122 cm³/mol. The molecule has 3 heterocycles. The Morgan fingerprint density at radius 2 is 1.88 bits per heavy atom. The summed E-state index contributed by atoms with van der Waals surface area (Å²) in [6, 6.07) is 8.76. The molecule has 9 nitrogen and oxygen atoms in total. The molecule has 3 aromatic rings. The van der Waals surface area contributed by atoms with Crippen LogP contribution in [0.2, 0.25) is 0 Å². The molecule has 32 heavy (non-hydrogen) atoms. The van der Waals surface area contributed by atoms with Crippen LogP contribution in [-0.4, -0.2) is 47.2 Å². The second-order valence-electron chi connectivity index (χ2n) is 7.62. The van der Waals surface area contributed by atoms with Crippen molar-refractivity contribution in [1.82, 2.24) is 13.9 Å². The van der Waals surface area contributed by atoms with Crippen LogP contribution in [0.1, 0.15) is 23.3 Å². The number of thiazole rings is 1. The van der Waals surface area contributed by atoms with E-state index >= 15 is 0 Å². The molecule has 0 radical (unpaired) electrons. The first kappa shape index (κ1) is 22.2. The first-order chi connectivity index (χ1) is 15.3. The van der Waals surface area contributed by atoms with E-state index in [9.17, 15) is 18.0 Å². The molecule has 0 saturated carbocycles. The van der Waals surface area contributed by atoms with E-state index in [0.717, 1.165) is 10.6 Å². The van der Waals surface area contributed by atoms with Crippen molar-refractivity contribution in [2.75, 3.05) is 18.4 Å². The molecule has 1 fully saturated rings. The normalized spacial score (nSPS) is 15.5. The molecule has 1 aliphatic heterocycles. The summed E-state index contributed by atoms with van der Waals surface area (Å²) in [5.74, 6) is -1.10. The molecule has 2 amide bonds. The van der Waals surface area contributed by atoms with Gasteiger partial charge in [0, 0.05) is 55.1 Å². The van der Waals surface area contributed by atoms with Gasteiger partial charge in [0.25, 0.3) is 5.91 Å². The minimum absolute atomic E-state index is 0.0250. The van der Waals surface area contributed by atoms with Crippen LogP contribution in [0.4, 0.5) is 5.69 Å². The van der Waals surface area contributed by atoms with E-state index in [1.54, 1.807) is 24.6 Å². The van der Waals surface area contributed by atoms with Crippen LogP contribution in [0.3, 0.4) is 0 Å². The molecule has 0 atom stereocenters. The van der Waals surface area contributed by atoms with E-state index < -0.39 is 15.9 Å². The highest BCUT2D eigenvalue weighted by molar-refractivity contribution is 7.89. The Kier molecular flexibility index (Phi) is 6.13. The third kappa shape index (κ3) is 4.45. The van der Waals surface area contributed by atoms with Gasteiger partial charge in [-0.25, -0.2) is 13.4 Å². The molecule has 2 aromatic heterocycles. The number of hydrogen-bond acceptors (Lipinski definition) is 6. The number of primary amides is 1. The smallest absolute Gasteiger partial charge is 0.265 e. The van der Waals surface area contributed by atoms with Crippen molar-refractivity contribution in [1.29, 1.82) is 0 Å². The largest absolute Gasteiger partial charge is 0.364 e. The Balaban J connectivity index is 1.36. The van der Waals surface area contributed by atoms with Gasteiger partial charge in [-0.05, 0) is 43.2 Å². The maximum atomic E-state index is 12.9. The number of aromatic nitrogens is 2. The fourth-order valence-corrected chi connectivity index (χ4v) is 5.92. The van der Waals surface area contributed by atoms with Gasteiger partial charge >= 0.3 is 0 Å². The lowest BCUT2D eigenvalue weighted by Gasteiger charge is -2.30. The van der Waals surface area contributed by atoms with Gasteiger partial charge in [0.05, 0.1) is 0 Å². The first-order valence-electron chi connectivity index (χ1n) is 10.0. The number of rotatable bonds is 6. The number of amides is 2. The molecule has 0 spiro atoms. The van der Waals surface area contributed by atoms with E-state index in [1.165, 1.54) is 21.1 Å². The van der Waals surface area contributed by atoms with Crippen molar-refractivity contribution in [3.63, 3.8) is 0 Å². The highest BCUT2D eigenvalue weighted by Crippen LogP contribution is 2.27. The van der Waals surface area contributed by atoms with Gasteiger partial charge in [0.15, 0.2) is 0 Å². The summed E-state index contributed by atoms with van der Waals surface area (Å²) in [5.41, 5.74) is 7.08. The van der Waals surface area contributed by atoms with E-state index in [1.807, 2.05) is 29.6 Å². The van der Waals surface area contributed by atoms with Crippen LogP contribution >= 0.6 is 11.3 Å². The molecule has 168 valence electrons. The van der Waals surface area contributed by atoms with E-state index in [4.69, 9.17) is 5.73 Å². The van der Waals surface area contributed by atoms with Crippen molar-refractivity contribution < 1.29 is 18.0 Å². The van der Waals surface area contributed by atoms with Crippen LogP contribution in [0.15, 0.2) is 53.0 Å². The molecule has 1 aromatic carbocycles. The number of carbonyl (C=O) groups is 2. The summed E-state index contributed by atoms with van der Waals surface area (Å²) in [4.78, 5) is 28.4. The number of nitrogens with one attached hydrogen (secondary N) is 1. The maximum absolute atomic E-state index is 12.9. The monoisotopic (exact) mass is 473 g/mol. The highest BCUT2D eigenvalue weighted by Gasteiger charge is 2.33. The Morgan fingerprint density at radius 3 is 2.44 bits per heavy atom. The number of anilines is 1. The lowest BCUT2D eigenvalue weighted by atomic mass is 9.97.